The zero-order valence-electron chi connectivity index (χ0n) is 13.0. The van der Waals surface area contributed by atoms with Crippen LogP contribution in [0, 0.1) is 13.8 Å². The molecule has 0 radical (unpaired) electrons. The van der Waals surface area contributed by atoms with Gasteiger partial charge in [-0.15, -0.1) is 0 Å². The highest BCUT2D eigenvalue weighted by Gasteiger charge is 2.26. The van der Waals surface area contributed by atoms with E-state index in [2.05, 4.69) is 20.9 Å². The Morgan fingerprint density at radius 3 is 2.48 bits per heavy atom. The highest BCUT2D eigenvalue weighted by molar-refractivity contribution is 7.17. The minimum atomic E-state index is -0.378. The molecule has 1 aromatic carbocycles. The van der Waals surface area contributed by atoms with Crippen molar-refractivity contribution in [1.82, 2.24) is 10.3 Å². The predicted molar refractivity (Wildman–Crippen MR) is 91.2 cm³/mol. The number of amides is 3. The lowest BCUT2D eigenvalue weighted by molar-refractivity contribution is 0.0954. The van der Waals surface area contributed by atoms with E-state index >= 15 is 0 Å². The number of rotatable bonds is 4. The Hall–Kier alpha value is -2.41. The minimum absolute atomic E-state index is 0.116. The first kappa shape index (κ1) is 15.5. The van der Waals surface area contributed by atoms with Gasteiger partial charge in [-0.2, -0.15) is 0 Å². The fourth-order valence-corrected chi connectivity index (χ4v) is 2.90. The molecular weight excluding hydrogens is 312 g/mol. The normalized spacial score (nSPS) is 13.5. The number of thiazole rings is 1. The third-order valence-corrected chi connectivity index (χ3v) is 4.52. The van der Waals surface area contributed by atoms with Crippen LogP contribution in [0.3, 0.4) is 0 Å². The van der Waals surface area contributed by atoms with Crippen LogP contribution in [0.5, 0.6) is 0 Å². The molecule has 120 valence electrons. The van der Waals surface area contributed by atoms with Crippen molar-refractivity contribution in [2.75, 3.05) is 10.6 Å². The Morgan fingerprint density at radius 1 is 1.13 bits per heavy atom. The van der Waals surface area contributed by atoms with E-state index in [1.165, 1.54) is 11.3 Å². The van der Waals surface area contributed by atoms with Crippen molar-refractivity contribution in [3.8, 4) is 0 Å². The maximum Gasteiger partial charge on any atom is 0.325 e. The van der Waals surface area contributed by atoms with E-state index in [-0.39, 0.29) is 11.9 Å². The maximum atomic E-state index is 12.1. The SMILES string of the molecule is Cc1ccc(NC(=O)Nc2nc(C)c(C(=O)NC3CC3)s2)cc1. The van der Waals surface area contributed by atoms with Gasteiger partial charge in [0, 0.05) is 11.7 Å². The number of nitrogens with one attached hydrogen (secondary N) is 3. The third-order valence-electron chi connectivity index (χ3n) is 3.45. The lowest BCUT2D eigenvalue weighted by Gasteiger charge is -2.05. The summed E-state index contributed by atoms with van der Waals surface area (Å²) in [6.07, 6.45) is 2.07. The van der Waals surface area contributed by atoms with Gasteiger partial charge >= 0.3 is 6.03 Å². The van der Waals surface area contributed by atoms with Crippen molar-refractivity contribution < 1.29 is 9.59 Å². The van der Waals surface area contributed by atoms with Crippen LogP contribution in [0.1, 0.15) is 33.8 Å². The Labute approximate surface area is 138 Å². The number of carbonyl (C=O) groups is 2. The van der Waals surface area contributed by atoms with Crippen LogP contribution >= 0.6 is 11.3 Å². The zero-order chi connectivity index (χ0) is 16.4. The van der Waals surface area contributed by atoms with Gasteiger partial charge in [-0.05, 0) is 38.8 Å². The van der Waals surface area contributed by atoms with E-state index in [4.69, 9.17) is 0 Å². The van der Waals surface area contributed by atoms with Crippen LogP contribution in [-0.2, 0) is 0 Å². The number of anilines is 2. The number of hydrogen-bond acceptors (Lipinski definition) is 4. The highest BCUT2D eigenvalue weighted by Crippen LogP contribution is 2.25. The summed E-state index contributed by atoms with van der Waals surface area (Å²) in [5, 5.41) is 8.74. The first-order chi connectivity index (χ1) is 11.0. The van der Waals surface area contributed by atoms with Gasteiger partial charge in [-0.25, -0.2) is 9.78 Å². The van der Waals surface area contributed by atoms with Crippen LogP contribution in [0.15, 0.2) is 24.3 Å². The molecule has 3 N–H and O–H groups in total. The van der Waals surface area contributed by atoms with Crippen molar-refractivity contribution in [2.45, 2.75) is 32.7 Å². The molecule has 3 amide bonds. The Kier molecular flexibility index (Phi) is 4.29. The molecule has 1 saturated carbocycles. The van der Waals surface area contributed by atoms with Crippen molar-refractivity contribution in [1.29, 1.82) is 0 Å². The summed E-state index contributed by atoms with van der Waals surface area (Å²) in [5.74, 6) is -0.116. The summed E-state index contributed by atoms with van der Waals surface area (Å²) in [6.45, 7) is 3.75. The largest absolute Gasteiger partial charge is 0.349 e. The number of benzene rings is 1. The van der Waals surface area contributed by atoms with Gasteiger partial charge in [0.1, 0.15) is 4.88 Å². The first-order valence-corrected chi connectivity index (χ1v) is 8.26. The van der Waals surface area contributed by atoms with Crippen molar-refractivity contribution in [3.63, 3.8) is 0 Å². The van der Waals surface area contributed by atoms with Crippen LogP contribution in [0.4, 0.5) is 15.6 Å². The highest BCUT2D eigenvalue weighted by atomic mass is 32.1. The van der Waals surface area contributed by atoms with Crippen LogP contribution in [0.25, 0.3) is 0 Å². The molecule has 1 aliphatic carbocycles. The third kappa shape index (κ3) is 4.07. The van der Waals surface area contributed by atoms with Gasteiger partial charge in [0.15, 0.2) is 5.13 Å². The van der Waals surface area contributed by atoms with Gasteiger partial charge in [0.25, 0.3) is 5.91 Å². The number of urea groups is 1. The Balaban J connectivity index is 1.61. The number of carbonyl (C=O) groups excluding carboxylic acids is 2. The molecule has 6 nitrogen and oxygen atoms in total. The zero-order valence-corrected chi connectivity index (χ0v) is 13.8. The second kappa shape index (κ2) is 6.37. The van der Waals surface area contributed by atoms with E-state index in [1.54, 1.807) is 6.92 Å². The average Bonchev–Trinajstić information content (AvgIpc) is 3.23. The number of aryl methyl sites for hydroxylation is 2. The van der Waals surface area contributed by atoms with Crippen LogP contribution in [0.2, 0.25) is 0 Å². The van der Waals surface area contributed by atoms with Crippen molar-refractivity contribution in [2.24, 2.45) is 0 Å². The Morgan fingerprint density at radius 2 is 1.83 bits per heavy atom. The standard InChI is InChI=1S/C16H18N4O2S/c1-9-3-5-12(6-4-9)19-15(22)20-16-17-10(2)13(23-16)14(21)18-11-7-8-11/h3-6,11H,7-8H2,1-2H3,(H,18,21)(H2,17,19,20,22). The van der Waals surface area contributed by atoms with E-state index < -0.39 is 0 Å². The van der Waals surface area contributed by atoms with Gasteiger partial charge in [0.05, 0.1) is 5.69 Å². The van der Waals surface area contributed by atoms with Crippen molar-refractivity contribution in [3.05, 3.63) is 40.4 Å². The van der Waals surface area contributed by atoms with E-state index in [9.17, 15) is 9.59 Å². The summed E-state index contributed by atoms with van der Waals surface area (Å²) in [4.78, 5) is 28.8. The maximum absolute atomic E-state index is 12.1. The molecule has 1 aliphatic rings. The summed E-state index contributed by atoms with van der Waals surface area (Å²) in [5.41, 5.74) is 2.45. The molecule has 7 heteroatoms. The monoisotopic (exact) mass is 330 g/mol. The predicted octanol–water partition coefficient (Wildman–Crippen LogP) is 3.30. The van der Waals surface area contributed by atoms with Gasteiger partial charge in [0.2, 0.25) is 0 Å². The lowest BCUT2D eigenvalue weighted by Crippen LogP contribution is -2.25. The summed E-state index contributed by atoms with van der Waals surface area (Å²) in [7, 11) is 0. The molecular formula is C16H18N4O2S. The summed E-state index contributed by atoms with van der Waals surface area (Å²) < 4.78 is 0. The molecule has 23 heavy (non-hydrogen) atoms. The smallest absolute Gasteiger partial charge is 0.325 e. The van der Waals surface area contributed by atoms with Gasteiger partial charge < -0.3 is 10.6 Å². The molecule has 0 unspecified atom stereocenters. The molecule has 2 aromatic rings. The minimum Gasteiger partial charge on any atom is -0.349 e. The van der Waals surface area contributed by atoms with Crippen LogP contribution < -0.4 is 16.0 Å². The summed E-state index contributed by atoms with van der Waals surface area (Å²) >= 11 is 1.18. The molecule has 0 aliphatic heterocycles. The lowest BCUT2D eigenvalue weighted by atomic mass is 10.2. The topological polar surface area (TPSA) is 83.1 Å². The number of nitrogens with zero attached hydrogens (tertiary/aromatic N) is 1. The molecule has 1 heterocycles. The fourth-order valence-electron chi connectivity index (χ4n) is 2.04. The fraction of sp³-hybridized carbons (Fsp3) is 0.312. The van der Waals surface area contributed by atoms with Crippen molar-refractivity contribution >= 4 is 34.1 Å². The van der Waals surface area contributed by atoms with Gasteiger partial charge in [-0.3, -0.25) is 10.1 Å². The molecule has 0 saturated heterocycles. The molecule has 1 fully saturated rings. The molecule has 1 aromatic heterocycles. The quantitative estimate of drug-likeness (QED) is 0.804. The average molecular weight is 330 g/mol. The Bertz CT molecular complexity index is 735. The molecule has 3 rings (SSSR count). The second-order valence-corrected chi connectivity index (χ2v) is 6.63. The molecule has 0 atom stereocenters. The van der Waals surface area contributed by atoms with E-state index in [0.717, 1.165) is 18.4 Å². The number of hydrogen-bond donors (Lipinski definition) is 3. The number of aromatic nitrogens is 1. The first-order valence-electron chi connectivity index (χ1n) is 7.44. The van der Waals surface area contributed by atoms with E-state index in [0.29, 0.717) is 27.4 Å². The summed E-state index contributed by atoms with van der Waals surface area (Å²) in [6, 6.07) is 7.42. The van der Waals surface area contributed by atoms with Crippen LogP contribution in [-0.4, -0.2) is 23.0 Å². The van der Waals surface area contributed by atoms with Gasteiger partial charge in [-0.1, -0.05) is 29.0 Å². The second-order valence-electron chi connectivity index (χ2n) is 5.63. The molecule has 0 bridgehead atoms. The van der Waals surface area contributed by atoms with E-state index in [1.807, 2.05) is 31.2 Å². The molecule has 0 spiro atoms.